The Bertz CT molecular complexity index is 708. The average molecular weight is 331 g/mol. The molecular weight excluding hydrogens is 317 g/mol. The van der Waals surface area contributed by atoms with Crippen molar-refractivity contribution in [1.82, 2.24) is 14.8 Å². The summed E-state index contributed by atoms with van der Waals surface area (Å²) in [6.45, 7) is 0.544. The predicted molar refractivity (Wildman–Crippen MR) is 73.0 cm³/mol. The number of halogens is 1. The van der Waals surface area contributed by atoms with Crippen LogP contribution in [0.1, 0.15) is 16.8 Å². The Kier molecular flexibility index (Phi) is 4.31. The molecule has 1 fully saturated rings. The normalized spacial score (nSPS) is 18.4. The van der Waals surface area contributed by atoms with Crippen molar-refractivity contribution in [2.45, 2.75) is 12.5 Å². The van der Waals surface area contributed by atoms with Crippen LogP contribution in [0.25, 0.3) is 0 Å². The summed E-state index contributed by atoms with van der Waals surface area (Å²) in [5, 5.41) is 0. The van der Waals surface area contributed by atoms with Gasteiger partial charge in [0.25, 0.3) is 5.91 Å². The first kappa shape index (κ1) is 16.1. The maximum Gasteiger partial charge on any atom is 0.488 e. The van der Waals surface area contributed by atoms with Crippen LogP contribution in [0.5, 0.6) is 5.75 Å². The van der Waals surface area contributed by atoms with Crippen molar-refractivity contribution in [3.8, 4) is 5.75 Å². The number of likely N-dealkylation sites (N-methyl/N-ethyl adjacent to an activating group) is 2. The fraction of sp³-hybridized carbons (Fsp3) is 0.417. The van der Waals surface area contributed by atoms with E-state index in [1.165, 1.54) is 23.0 Å². The van der Waals surface area contributed by atoms with Crippen LogP contribution < -0.4 is 4.18 Å². The largest absolute Gasteiger partial charge is 0.488 e. The van der Waals surface area contributed by atoms with E-state index in [4.69, 9.17) is 0 Å². The van der Waals surface area contributed by atoms with Gasteiger partial charge in [-0.15, -0.1) is 0 Å². The SMILES string of the molecule is CN1CCC(N(C)C(=O)c2cncc(OS(=O)(=O)F)c2)C1=O. The van der Waals surface area contributed by atoms with Crippen molar-refractivity contribution in [2.24, 2.45) is 0 Å². The summed E-state index contributed by atoms with van der Waals surface area (Å²) < 4.78 is 37.4. The highest BCUT2D eigenvalue weighted by Crippen LogP contribution is 2.19. The zero-order valence-electron chi connectivity index (χ0n) is 11.9. The highest BCUT2D eigenvalue weighted by Gasteiger charge is 2.35. The van der Waals surface area contributed by atoms with Crippen molar-refractivity contribution in [3.05, 3.63) is 24.0 Å². The van der Waals surface area contributed by atoms with Crippen LogP contribution in [0.4, 0.5) is 3.89 Å². The number of rotatable bonds is 4. The van der Waals surface area contributed by atoms with Crippen LogP contribution in [-0.2, 0) is 15.3 Å². The maximum atomic E-state index is 12.5. The summed E-state index contributed by atoms with van der Waals surface area (Å²) in [7, 11) is -2.09. The summed E-state index contributed by atoms with van der Waals surface area (Å²) in [6.07, 6.45) is 2.64. The molecule has 2 rings (SSSR count). The molecule has 1 aromatic rings. The molecule has 1 unspecified atom stereocenters. The van der Waals surface area contributed by atoms with E-state index < -0.39 is 28.2 Å². The predicted octanol–water partition coefficient (Wildman–Crippen LogP) is -0.0226. The van der Waals surface area contributed by atoms with Crippen LogP contribution in [0.15, 0.2) is 18.5 Å². The molecule has 0 radical (unpaired) electrons. The highest BCUT2D eigenvalue weighted by atomic mass is 32.3. The molecule has 1 aromatic heterocycles. The van der Waals surface area contributed by atoms with Gasteiger partial charge < -0.3 is 14.0 Å². The second kappa shape index (κ2) is 5.87. The first-order chi connectivity index (χ1) is 10.2. The number of hydrogen-bond acceptors (Lipinski definition) is 6. The molecule has 0 aromatic carbocycles. The van der Waals surface area contributed by atoms with Gasteiger partial charge in [0, 0.05) is 26.8 Å². The standard InChI is InChI=1S/C12H14FN3O5S/c1-15-4-3-10(12(15)18)16(2)11(17)8-5-9(7-14-6-8)21-22(13,19)20/h5-7,10H,3-4H2,1-2H3. The smallest absolute Gasteiger partial charge is 0.357 e. The number of amides is 2. The van der Waals surface area contributed by atoms with Crippen LogP contribution in [0, 0.1) is 0 Å². The second-order valence-corrected chi connectivity index (χ2v) is 5.82. The molecule has 0 N–H and O–H groups in total. The molecule has 1 aliphatic rings. The topological polar surface area (TPSA) is 96.9 Å². The molecule has 0 spiro atoms. The van der Waals surface area contributed by atoms with E-state index >= 15 is 0 Å². The summed E-state index contributed by atoms with van der Waals surface area (Å²) in [4.78, 5) is 30.6. The minimum atomic E-state index is -5.20. The molecule has 22 heavy (non-hydrogen) atoms. The van der Waals surface area contributed by atoms with Crippen LogP contribution in [0.2, 0.25) is 0 Å². The lowest BCUT2D eigenvalue weighted by Gasteiger charge is -2.23. The lowest BCUT2D eigenvalue weighted by atomic mass is 10.2. The Labute approximate surface area is 126 Å². The van der Waals surface area contributed by atoms with E-state index in [0.29, 0.717) is 13.0 Å². The molecule has 2 heterocycles. The molecule has 10 heteroatoms. The molecule has 1 atom stereocenters. The number of aromatic nitrogens is 1. The minimum Gasteiger partial charge on any atom is -0.357 e. The number of carbonyl (C=O) groups is 2. The summed E-state index contributed by atoms with van der Waals surface area (Å²) in [5.74, 6) is -1.14. The Morgan fingerprint density at radius 3 is 2.73 bits per heavy atom. The van der Waals surface area contributed by atoms with Gasteiger partial charge in [-0.2, -0.15) is 8.42 Å². The van der Waals surface area contributed by atoms with Crippen molar-refractivity contribution in [3.63, 3.8) is 0 Å². The van der Waals surface area contributed by atoms with Crippen molar-refractivity contribution in [1.29, 1.82) is 0 Å². The number of likely N-dealkylation sites (tertiary alicyclic amines) is 1. The van der Waals surface area contributed by atoms with Gasteiger partial charge in [0.1, 0.15) is 6.04 Å². The Morgan fingerprint density at radius 1 is 1.50 bits per heavy atom. The summed E-state index contributed by atoms with van der Waals surface area (Å²) >= 11 is 0. The highest BCUT2D eigenvalue weighted by molar-refractivity contribution is 7.81. The molecule has 8 nitrogen and oxygen atoms in total. The monoisotopic (exact) mass is 331 g/mol. The summed E-state index contributed by atoms with van der Waals surface area (Å²) in [6, 6.07) is 0.457. The molecule has 1 saturated heterocycles. The van der Waals surface area contributed by atoms with Gasteiger partial charge in [-0.1, -0.05) is 3.89 Å². The van der Waals surface area contributed by atoms with Gasteiger partial charge in [-0.3, -0.25) is 14.6 Å². The van der Waals surface area contributed by atoms with E-state index in [1.54, 1.807) is 7.05 Å². The Morgan fingerprint density at radius 2 is 2.18 bits per heavy atom. The van der Waals surface area contributed by atoms with E-state index in [-0.39, 0.29) is 11.5 Å². The molecule has 0 bridgehead atoms. The summed E-state index contributed by atoms with van der Waals surface area (Å²) in [5.41, 5.74) is -0.00833. The van der Waals surface area contributed by atoms with Crippen molar-refractivity contribution >= 4 is 22.3 Å². The molecule has 2 amide bonds. The van der Waals surface area contributed by atoms with Gasteiger partial charge in [0.15, 0.2) is 5.75 Å². The van der Waals surface area contributed by atoms with Crippen LogP contribution in [-0.4, -0.2) is 61.7 Å². The number of hydrogen-bond donors (Lipinski definition) is 0. The van der Waals surface area contributed by atoms with E-state index in [2.05, 4.69) is 9.17 Å². The first-order valence-electron chi connectivity index (χ1n) is 6.30. The second-order valence-electron chi connectivity index (χ2n) is 4.87. The third-order valence-corrected chi connectivity index (χ3v) is 3.73. The van der Waals surface area contributed by atoms with E-state index in [0.717, 1.165) is 12.3 Å². The Balaban J connectivity index is 2.19. The van der Waals surface area contributed by atoms with Gasteiger partial charge in [-0.05, 0) is 12.5 Å². The quantitative estimate of drug-likeness (QED) is 0.719. The zero-order chi connectivity index (χ0) is 16.5. The van der Waals surface area contributed by atoms with Gasteiger partial charge in [-0.25, -0.2) is 0 Å². The number of carbonyl (C=O) groups excluding carboxylic acids is 2. The lowest BCUT2D eigenvalue weighted by Crippen LogP contribution is -2.42. The average Bonchev–Trinajstić information content (AvgIpc) is 2.76. The first-order valence-corrected chi connectivity index (χ1v) is 7.61. The third-order valence-electron chi connectivity index (χ3n) is 3.34. The van der Waals surface area contributed by atoms with Crippen LogP contribution >= 0.6 is 0 Å². The molecular formula is C12H14FN3O5S. The molecule has 1 aliphatic heterocycles. The third kappa shape index (κ3) is 3.50. The minimum absolute atomic E-state index is 0.00833. The van der Waals surface area contributed by atoms with Crippen molar-refractivity contribution < 1.29 is 26.1 Å². The van der Waals surface area contributed by atoms with Crippen molar-refractivity contribution in [2.75, 3.05) is 20.6 Å². The maximum absolute atomic E-state index is 12.5. The fourth-order valence-electron chi connectivity index (χ4n) is 2.20. The number of pyridine rings is 1. The Hall–Kier alpha value is -2.23. The fourth-order valence-corrected chi connectivity index (χ4v) is 2.53. The molecule has 0 aliphatic carbocycles. The molecule has 0 saturated carbocycles. The van der Waals surface area contributed by atoms with Gasteiger partial charge >= 0.3 is 10.5 Å². The van der Waals surface area contributed by atoms with Gasteiger partial charge in [0.05, 0.1) is 11.8 Å². The molecule has 120 valence electrons. The lowest BCUT2D eigenvalue weighted by molar-refractivity contribution is -0.130. The van der Waals surface area contributed by atoms with Gasteiger partial charge in [0.2, 0.25) is 5.91 Å². The van der Waals surface area contributed by atoms with E-state index in [1.807, 2.05) is 0 Å². The number of nitrogens with zero attached hydrogens (tertiary/aromatic N) is 3. The van der Waals surface area contributed by atoms with Crippen LogP contribution in [0.3, 0.4) is 0 Å². The zero-order valence-corrected chi connectivity index (χ0v) is 12.7. The van der Waals surface area contributed by atoms with E-state index in [9.17, 15) is 21.9 Å².